The predicted molar refractivity (Wildman–Crippen MR) is 164 cm³/mol. The highest BCUT2D eigenvalue weighted by Crippen LogP contribution is 2.35. The van der Waals surface area contributed by atoms with Gasteiger partial charge in [0.05, 0.1) is 19.2 Å². The molecule has 2 amide bonds. The Kier molecular flexibility index (Phi) is 12.3. The van der Waals surface area contributed by atoms with E-state index in [1.165, 1.54) is 36.5 Å². The maximum absolute atomic E-state index is 13.8. The maximum atomic E-state index is 13.8. The molecule has 4 N–H and O–H groups in total. The van der Waals surface area contributed by atoms with E-state index in [1.54, 1.807) is 11.0 Å². The summed E-state index contributed by atoms with van der Waals surface area (Å²) in [6.07, 6.45) is 2.86. The summed E-state index contributed by atoms with van der Waals surface area (Å²) < 4.78 is 10.7. The quantitative estimate of drug-likeness (QED) is 0.171. The zero-order valence-corrected chi connectivity index (χ0v) is 25.3. The minimum absolute atomic E-state index is 0.0580. The van der Waals surface area contributed by atoms with Crippen LogP contribution in [0.25, 0.3) is 0 Å². The van der Waals surface area contributed by atoms with Crippen molar-refractivity contribution in [1.82, 2.24) is 14.9 Å². The molecule has 3 heterocycles. The van der Waals surface area contributed by atoms with Gasteiger partial charge in [-0.3, -0.25) is 25.3 Å². The Morgan fingerprint density at radius 1 is 1.24 bits per heavy atom. The Morgan fingerprint density at radius 3 is 2.62 bits per heavy atom. The van der Waals surface area contributed by atoms with Crippen LogP contribution in [0.4, 0.5) is 5.82 Å². The number of nitrogens with zero attached hydrogens (tertiary/aromatic N) is 4. The number of ether oxygens (including phenoxy) is 2. The van der Waals surface area contributed by atoms with E-state index >= 15 is 0 Å². The molecule has 11 nitrogen and oxygen atoms in total. The third-order valence-electron chi connectivity index (χ3n) is 6.73. The number of benzene rings is 1. The van der Waals surface area contributed by atoms with Crippen LogP contribution >= 0.6 is 11.3 Å². The van der Waals surface area contributed by atoms with E-state index in [9.17, 15) is 9.59 Å². The largest absolute Gasteiger partial charge is 0.423 e. The number of methoxy groups -OCH3 is 1. The lowest BCUT2D eigenvalue weighted by Crippen LogP contribution is -2.32. The number of aromatic nitrogens is 2. The summed E-state index contributed by atoms with van der Waals surface area (Å²) in [6.45, 7) is 4.84. The summed E-state index contributed by atoms with van der Waals surface area (Å²) in [5.74, 6) is -0.775. The number of anilines is 1. The monoisotopic (exact) mass is 593 g/mol. The fourth-order valence-corrected chi connectivity index (χ4v) is 5.54. The molecule has 2 unspecified atom stereocenters. The van der Waals surface area contributed by atoms with Crippen molar-refractivity contribution >= 4 is 41.3 Å². The van der Waals surface area contributed by atoms with E-state index in [1.807, 2.05) is 49.6 Å². The molecular weight excluding hydrogens is 554 g/mol. The van der Waals surface area contributed by atoms with Crippen LogP contribution in [0, 0.1) is 23.7 Å². The van der Waals surface area contributed by atoms with Crippen molar-refractivity contribution in [2.45, 2.75) is 39.2 Å². The van der Waals surface area contributed by atoms with Crippen molar-refractivity contribution < 1.29 is 19.1 Å². The lowest BCUT2D eigenvalue weighted by Gasteiger charge is -2.24. The van der Waals surface area contributed by atoms with Crippen molar-refractivity contribution in [1.29, 1.82) is 10.8 Å². The van der Waals surface area contributed by atoms with Crippen LogP contribution in [0.15, 0.2) is 47.8 Å². The average Bonchev–Trinajstić information content (AvgIpc) is 3.67. The SMILES string of the molecule is CN.COCCN(C=O)c1cc(C(=O)N2CCCC2c2nc(C)cs2)cc(C(=N)OC(=N)C(C)Cc2ccccc2)n1. The van der Waals surface area contributed by atoms with Crippen molar-refractivity contribution in [3.05, 3.63) is 75.4 Å². The molecule has 0 bridgehead atoms. The molecule has 0 spiro atoms. The summed E-state index contributed by atoms with van der Waals surface area (Å²) in [4.78, 5) is 37.9. The molecule has 0 aliphatic carbocycles. The highest BCUT2D eigenvalue weighted by atomic mass is 32.1. The molecule has 2 atom stereocenters. The van der Waals surface area contributed by atoms with Crippen LogP contribution < -0.4 is 10.6 Å². The second kappa shape index (κ2) is 15.9. The predicted octanol–water partition coefficient (Wildman–Crippen LogP) is 4.21. The number of nitrogens with one attached hydrogen (secondary N) is 2. The van der Waals surface area contributed by atoms with Gasteiger partial charge in [-0.2, -0.15) is 0 Å². The number of pyridine rings is 1. The van der Waals surface area contributed by atoms with Gasteiger partial charge in [-0.05, 0) is 50.9 Å². The van der Waals surface area contributed by atoms with Crippen LogP contribution in [0.2, 0.25) is 0 Å². The standard InChI is InChI=1S/C29H34N6O4S.CH5N/c1-19(14-21-8-5-4-6-9-21)26(30)39-27(31)23-15-22(16-25(33-23)34(18-36)12-13-38-3)29(37)35-11-7-10-24(35)28-32-20(2)17-40-28;1-2/h4-6,8-9,15-19,24,30-31H,7,10-14H2,1-3H3;2H2,1H3. The lowest BCUT2D eigenvalue weighted by atomic mass is 10.0. The molecule has 1 aromatic carbocycles. The Bertz CT molecular complexity index is 1360. The number of aryl methyl sites for hydroxylation is 1. The van der Waals surface area contributed by atoms with Gasteiger partial charge >= 0.3 is 0 Å². The topological polar surface area (TPSA) is 159 Å². The van der Waals surface area contributed by atoms with E-state index in [-0.39, 0.29) is 59.9 Å². The molecular formula is C30H39N7O4S. The first-order chi connectivity index (χ1) is 20.3. The van der Waals surface area contributed by atoms with Gasteiger partial charge in [0.15, 0.2) is 5.90 Å². The van der Waals surface area contributed by atoms with E-state index in [0.29, 0.717) is 19.4 Å². The van der Waals surface area contributed by atoms with E-state index in [2.05, 4.69) is 15.7 Å². The minimum atomic E-state index is -0.369. The minimum Gasteiger partial charge on any atom is -0.423 e. The highest BCUT2D eigenvalue weighted by Gasteiger charge is 2.33. The third-order valence-corrected chi connectivity index (χ3v) is 7.79. The molecule has 1 fully saturated rings. The number of nitrogens with two attached hydrogens (primary N) is 1. The first-order valence-electron chi connectivity index (χ1n) is 13.7. The van der Waals surface area contributed by atoms with Crippen molar-refractivity contribution in [2.75, 3.05) is 38.8 Å². The molecule has 42 heavy (non-hydrogen) atoms. The maximum Gasteiger partial charge on any atom is 0.254 e. The van der Waals surface area contributed by atoms with Gasteiger partial charge in [0.1, 0.15) is 16.5 Å². The van der Waals surface area contributed by atoms with E-state index in [0.717, 1.165) is 29.1 Å². The van der Waals surface area contributed by atoms with Crippen LogP contribution in [-0.4, -0.2) is 72.8 Å². The number of amides is 2. The number of carbonyl (C=O) groups excluding carboxylic acids is 2. The third kappa shape index (κ3) is 8.28. The molecule has 4 rings (SSSR count). The average molecular weight is 594 g/mol. The summed E-state index contributed by atoms with van der Waals surface area (Å²) in [5.41, 5.74) is 6.81. The molecule has 12 heteroatoms. The first-order valence-corrected chi connectivity index (χ1v) is 14.6. The number of thiazole rings is 1. The molecule has 0 saturated carbocycles. The molecule has 224 valence electrons. The Balaban J connectivity index is 0.00000237. The van der Waals surface area contributed by atoms with Crippen molar-refractivity contribution in [3.8, 4) is 0 Å². The van der Waals surface area contributed by atoms with Crippen LogP contribution in [-0.2, 0) is 20.7 Å². The molecule has 1 aliphatic heterocycles. The summed E-state index contributed by atoms with van der Waals surface area (Å²) >= 11 is 1.54. The van der Waals surface area contributed by atoms with Gasteiger partial charge in [0, 0.05) is 36.2 Å². The molecule has 0 radical (unpaired) electrons. The van der Waals surface area contributed by atoms with Gasteiger partial charge in [-0.25, -0.2) is 9.97 Å². The second-order valence-corrected chi connectivity index (χ2v) is 10.7. The molecule has 1 aliphatic rings. The summed E-state index contributed by atoms with van der Waals surface area (Å²) in [5, 5.41) is 19.9. The zero-order chi connectivity index (χ0) is 30.6. The van der Waals surface area contributed by atoms with Crippen molar-refractivity contribution in [3.63, 3.8) is 0 Å². The van der Waals surface area contributed by atoms with Gasteiger partial charge < -0.3 is 20.1 Å². The van der Waals surface area contributed by atoms with Crippen molar-refractivity contribution in [2.24, 2.45) is 11.7 Å². The smallest absolute Gasteiger partial charge is 0.254 e. The summed E-state index contributed by atoms with van der Waals surface area (Å²) in [6, 6.07) is 12.7. The molecule has 2 aromatic heterocycles. The lowest BCUT2D eigenvalue weighted by molar-refractivity contribution is -0.107. The highest BCUT2D eigenvalue weighted by molar-refractivity contribution is 7.09. The van der Waals surface area contributed by atoms with E-state index < -0.39 is 0 Å². The molecule has 3 aromatic rings. The Hall–Kier alpha value is -4.00. The van der Waals surface area contributed by atoms with Gasteiger partial charge in [-0.1, -0.05) is 37.3 Å². The number of carbonyl (C=O) groups is 2. The van der Waals surface area contributed by atoms with Crippen LogP contribution in [0.5, 0.6) is 0 Å². The fraction of sp³-hybridized carbons (Fsp3) is 0.400. The zero-order valence-electron chi connectivity index (χ0n) is 24.5. The number of hydrogen-bond acceptors (Lipinski definition) is 10. The van der Waals surface area contributed by atoms with Gasteiger partial charge in [-0.15, -0.1) is 11.3 Å². The first kappa shape index (κ1) is 32.5. The number of hydrogen-bond donors (Lipinski definition) is 3. The normalized spacial score (nSPS) is 14.9. The van der Waals surface area contributed by atoms with Crippen LogP contribution in [0.1, 0.15) is 58.1 Å². The Morgan fingerprint density at radius 2 is 1.98 bits per heavy atom. The van der Waals surface area contributed by atoms with E-state index in [4.69, 9.17) is 20.3 Å². The number of rotatable bonds is 11. The molecule has 1 saturated heterocycles. The van der Waals surface area contributed by atoms with Gasteiger partial charge in [0.2, 0.25) is 12.3 Å². The van der Waals surface area contributed by atoms with Crippen LogP contribution in [0.3, 0.4) is 0 Å². The fourth-order valence-electron chi connectivity index (χ4n) is 4.59. The summed E-state index contributed by atoms with van der Waals surface area (Å²) in [7, 11) is 3.03. The Labute approximate surface area is 250 Å². The van der Waals surface area contributed by atoms with Gasteiger partial charge in [0.25, 0.3) is 5.91 Å². The second-order valence-electron chi connectivity index (χ2n) is 9.76. The number of likely N-dealkylation sites (tertiary alicyclic amines) is 1.